The molecule has 43 heavy (non-hydrogen) atoms. The van der Waals surface area contributed by atoms with Gasteiger partial charge in [0.1, 0.15) is 0 Å². The van der Waals surface area contributed by atoms with Crippen molar-refractivity contribution < 1.29 is 38.1 Å². The number of aromatic nitrogens is 2. The minimum Gasteiger partial charge on any atom is -0.490 e. The average Bonchev–Trinajstić information content (AvgIpc) is 3.45. The maximum Gasteiger partial charge on any atom is 0.335 e. The number of hydrogen-bond acceptors (Lipinski definition) is 6. The number of carboxylic acid groups (broad SMARTS) is 2. The van der Waals surface area contributed by atoms with Crippen LogP contribution in [-0.2, 0) is 6.42 Å². The van der Waals surface area contributed by atoms with E-state index < -0.39 is 23.6 Å². The van der Waals surface area contributed by atoms with E-state index in [1.807, 2.05) is 20.8 Å². The zero-order valence-corrected chi connectivity index (χ0v) is 24.1. The third-order valence-corrected chi connectivity index (χ3v) is 6.80. The van der Waals surface area contributed by atoms with Gasteiger partial charge in [-0.1, -0.05) is 7.43 Å². The number of aromatic carboxylic acids is 2. The first-order valence-corrected chi connectivity index (χ1v) is 13.5. The number of ether oxygens (including phenoxy) is 2. The molecule has 3 N–H and O–H groups in total. The molecule has 0 fully saturated rings. The molecule has 11 heteroatoms. The maximum absolute atomic E-state index is 13.5. The minimum atomic E-state index is -1.11. The number of allylic oxidation sites excluding steroid dienone is 1. The Kier molecular flexibility index (Phi) is 13.0. The number of benzene rings is 2. The van der Waals surface area contributed by atoms with Crippen molar-refractivity contribution in [1.82, 2.24) is 10.2 Å². The summed E-state index contributed by atoms with van der Waals surface area (Å²) in [6.07, 6.45) is 3.03. The molecule has 0 amide bonds. The Hall–Kier alpha value is -4.54. The second-order valence-corrected chi connectivity index (χ2v) is 9.88. The molecule has 9 nitrogen and oxygen atoms in total. The second-order valence-electron chi connectivity index (χ2n) is 9.88. The van der Waals surface area contributed by atoms with Crippen LogP contribution in [0.15, 0.2) is 52.5 Å². The fraction of sp³-hybridized carbons (Fsp3) is 0.375. The van der Waals surface area contributed by atoms with Crippen molar-refractivity contribution >= 4 is 17.7 Å². The number of halogens is 2. The van der Waals surface area contributed by atoms with Crippen molar-refractivity contribution in [3.8, 4) is 11.5 Å². The molecule has 0 saturated carbocycles. The van der Waals surface area contributed by atoms with Crippen LogP contribution in [0.5, 0.6) is 11.5 Å². The van der Waals surface area contributed by atoms with E-state index in [1.54, 1.807) is 0 Å². The van der Waals surface area contributed by atoms with E-state index in [0.717, 1.165) is 60.6 Å². The zero-order valence-electron chi connectivity index (χ0n) is 24.1. The zero-order chi connectivity index (χ0) is 30.8. The standard InChI is InChI=1S/C16H18FNO3.C15H17FN2O3.CH4/c1-10-9-18-11(2)13(10)4-3-7-21-15-8-12(16(19)20)5-6-14(15)17;1-9-12(10(2)18-17-9)4-3-7-21-14-8-11(15(19)20)5-6-13(14)16;/h5-6,8H,3-4,7,9H2,1-2H3,(H,19,20);5-6,8H,3-4,7H2,1-2H3,(H,17,18)(H,19,20);1H4. The summed E-state index contributed by atoms with van der Waals surface area (Å²) in [4.78, 5) is 26.0. The number of carbonyl (C=O) groups is 2. The number of rotatable bonds is 12. The van der Waals surface area contributed by atoms with Crippen LogP contribution in [0.25, 0.3) is 0 Å². The van der Waals surface area contributed by atoms with Gasteiger partial charge >= 0.3 is 11.9 Å². The number of aliphatic imine (C=N–C) groups is 1. The number of carboxylic acids is 2. The predicted molar refractivity (Wildman–Crippen MR) is 161 cm³/mol. The summed E-state index contributed by atoms with van der Waals surface area (Å²) in [5.41, 5.74) is 6.71. The highest BCUT2D eigenvalue weighted by Crippen LogP contribution is 2.23. The Bertz CT molecular complexity index is 1480. The molecule has 232 valence electrons. The van der Waals surface area contributed by atoms with Crippen LogP contribution in [-0.4, -0.2) is 57.8 Å². The highest BCUT2D eigenvalue weighted by atomic mass is 19.1. The Morgan fingerprint density at radius 2 is 1.37 bits per heavy atom. The molecular weight excluding hydrogens is 560 g/mol. The highest BCUT2D eigenvalue weighted by molar-refractivity contribution is 6.00. The Morgan fingerprint density at radius 1 is 0.860 bits per heavy atom. The van der Waals surface area contributed by atoms with Crippen LogP contribution in [0.3, 0.4) is 0 Å². The summed E-state index contributed by atoms with van der Waals surface area (Å²) in [6, 6.07) is 7.05. The topological polar surface area (TPSA) is 134 Å². The first kappa shape index (κ1) is 34.7. The smallest absolute Gasteiger partial charge is 0.335 e. The normalized spacial score (nSPS) is 12.2. The molecule has 0 unspecified atom stereocenters. The predicted octanol–water partition coefficient (Wildman–Crippen LogP) is 6.99. The maximum atomic E-state index is 13.5. The summed E-state index contributed by atoms with van der Waals surface area (Å²) in [7, 11) is 0. The van der Waals surface area contributed by atoms with Crippen LogP contribution < -0.4 is 9.47 Å². The van der Waals surface area contributed by atoms with Gasteiger partial charge < -0.3 is 19.7 Å². The molecule has 0 saturated heterocycles. The van der Waals surface area contributed by atoms with Gasteiger partial charge in [0.2, 0.25) is 0 Å². The Morgan fingerprint density at radius 3 is 1.79 bits per heavy atom. The third kappa shape index (κ3) is 9.76. The van der Waals surface area contributed by atoms with Crippen molar-refractivity contribution in [3.05, 3.63) is 87.3 Å². The van der Waals surface area contributed by atoms with Gasteiger partial charge in [0, 0.05) is 11.4 Å². The lowest BCUT2D eigenvalue weighted by Gasteiger charge is -2.09. The number of aromatic amines is 1. The lowest BCUT2D eigenvalue weighted by atomic mass is 10.0. The molecule has 2 aromatic carbocycles. The van der Waals surface area contributed by atoms with Crippen molar-refractivity contribution in [2.75, 3.05) is 19.8 Å². The van der Waals surface area contributed by atoms with E-state index in [9.17, 15) is 18.4 Å². The van der Waals surface area contributed by atoms with E-state index in [0.29, 0.717) is 19.6 Å². The summed E-state index contributed by atoms with van der Waals surface area (Å²) >= 11 is 0. The summed E-state index contributed by atoms with van der Waals surface area (Å²) in [5, 5.41) is 24.8. The van der Waals surface area contributed by atoms with Crippen molar-refractivity contribution in [2.24, 2.45) is 4.99 Å². The fourth-order valence-corrected chi connectivity index (χ4v) is 4.43. The van der Waals surface area contributed by atoms with Gasteiger partial charge in [0.15, 0.2) is 23.1 Å². The number of H-pyrrole nitrogens is 1. The molecule has 1 aromatic heterocycles. The minimum absolute atomic E-state index is 0. The molecule has 0 aliphatic carbocycles. The SMILES string of the molecule is C.CC1=NCC(C)=C1CCCOc1cc(C(=O)O)ccc1F.Cc1n[nH]c(C)c1CCCOc1cc(C(=O)O)ccc1F. The van der Waals surface area contributed by atoms with Gasteiger partial charge in [-0.3, -0.25) is 10.1 Å². The van der Waals surface area contributed by atoms with E-state index in [-0.39, 0.29) is 30.1 Å². The summed E-state index contributed by atoms with van der Waals surface area (Å²) < 4.78 is 37.8. The average molecular weight is 600 g/mol. The second kappa shape index (κ2) is 16.2. The largest absolute Gasteiger partial charge is 0.490 e. The summed E-state index contributed by atoms with van der Waals surface area (Å²) in [5.74, 6) is -3.36. The number of nitrogens with one attached hydrogen (secondary N) is 1. The van der Waals surface area contributed by atoms with Crippen LogP contribution in [0.2, 0.25) is 0 Å². The van der Waals surface area contributed by atoms with Crippen LogP contribution in [0, 0.1) is 25.5 Å². The van der Waals surface area contributed by atoms with E-state index in [4.69, 9.17) is 19.7 Å². The summed E-state index contributed by atoms with van der Waals surface area (Å²) in [6.45, 7) is 9.34. The quantitative estimate of drug-likeness (QED) is 0.191. The number of aryl methyl sites for hydroxylation is 2. The lowest BCUT2D eigenvalue weighted by molar-refractivity contribution is 0.0685. The van der Waals surface area contributed by atoms with Crippen LogP contribution in [0.1, 0.15) is 78.2 Å². The van der Waals surface area contributed by atoms with E-state index in [1.165, 1.54) is 35.4 Å². The molecule has 0 bridgehead atoms. The molecular formula is C32H39F2N3O6. The van der Waals surface area contributed by atoms with Gasteiger partial charge in [0.05, 0.1) is 36.6 Å². The van der Waals surface area contributed by atoms with E-state index in [2.05, 4.69) is 22.1 Å². The molecule has 3 aromatic rings. The monoisotopic (exact) mass is 599 g/mol. The number of hydrogen-bond donors (Lipinski definition) is 3. The molecule has 4 rings (SSSR count). The van der Waals surface area contributed by atoms with Gasteiger partial charge in [-0.25, -0.2) is 18.4 Å². The van der Waals surface area contributed by atoms with Crippen molar-refractivity contribution in [1.29, 1.82) is 0 Å². The van der Waals surface area contributed by atoms with Gasteiger partial charge in [-0.15, -0.1) is 0 Å². The van der Waals surface area contributed by atoms with Crippen molar-refractivity contribution in [2.45, 2.75) is 60.8 Å². The molecule has 1 aliphatic heterocycles. The fourth-order valence-electron chi connectivity index (χ4n) is 4.43. The van der Waals surface area contributed by atoms with Crippen LogP contribution in [0.4, 0.5) is 8.78 Å². The molecule has 1 aliphatic rings. The Balaban J connectivity index is 0.000000293. The lowest BCUT2D eigenvalue weighted by Crippen LogP contribution is -2.04. The molecule has 0 spiro atoms. The van der Waals surface area contributed by atoms with Crippen LogP contribution >= 0.6 is 0 Å². The van der Waals surface area contributed by atoms with Gasteiger partial charge in [-0.05, 0) is 106 Å². The molecule has 2 heterocycles. The first-order chi connectivity index (χ1) is 20.0. The number of nitrogens with zero attached hydrogens (tertiary/aromatic N) is 2. The molecule has 0 radical (unpaired) electrons. The first-order valence-electron chi connectivity index (χ1n) is 13.5. The highest BCUT2D eigenvalue weighted by Gasteiger charge is 2.14. The molecule has 0 atom stereocenters. The van der Waals surface area contributed by atoms with E-state index >= 15 is 0 Å². The van der Waals surface area contributed by atoms with Crippen molar-refractivity contribution in [3.63, 3.8) is 0 Å². The Labute approximate surface area is 250 Å². The van der Waals surface area contributed by atoms with Gasteiger partial charge in [-0.2, -0.15) is 5.10 Å². The van der Waals surface area contributed by atoms with Gasteiger partial charge in [0.25, 0.3) is 0 Å². The third-order valence-electron chi connectivity index (χ3n) is 6.80.